The summed E-state index contributed by atoms with van der Waals surface area (Å²) in [5, 5.41) is 18.6. The molecule has 0 aliphatic carbocycles. The minimum Gasteiger partial charge on any atom is -0.504 e. The van der Waals surface area contributed by atoms with Crippen molar-refractivity contribution in [2.75, 3.05) is 6.54 Å². The van der Waals surface area contributed by atoms with E-state index in [-0.39, 0.29) is 23.8 Å². The van der Waals surface area contributed by atoms with Crippen molar-refractivity contribution in [3.8, 4) is 11.5 Å². The molecule has 0 spiro atoms. The van der Waals surface area contributed by atoms with Crippen LogP contribution in [0.15, 0.2) is 48.5 Å². The first kappa shape index (κ1) is 15.3. The zero-order valence-corrected chi connectivity index (χ0v) is 12.2. The van der Waals surface area contributed by atoms with E-state index in [4.69, 9.17) is 0 Å². The predicted molar refractivity (Wildman–Crippen MR) is 80.5 cm³/mol. The van der Waals surface area contributed by atoms with E-state index in [0.717, 1.165) is 11.1 Å². The van der Waals surface area contributed by atoms with Gasteiger partial charge in [0, 0.05) is 6.54 Å². The zero-order valence-electron chi connectivity index (χ0n) is 11.4. The van der Waals surface area contributed by atoms with E-state index in [0.29, 0.717) is 6.42 Å². The van der Waals surface area contributed by atoms with Crippen LogP contribution in [0.5, 0.6) is 11.5 Å². The van der Waals surface area contributed by atoms with Crippen LogP contribution < -0.4 is 4.72 Å². The lowest BCUT2D eigenvalue weighted by Gasteiger charge is -2.07. The Bertz CT molecular complexity index is 699. The van der Waals surface area contributed by atoms with Crippen LogP contribution in [0.4, 0.5) is 0 Å². The van der Waals surface area contributed by atoms with E-state index in [2.05, 4.69) is 4.72 Å². The molecule has 0 bridgehead atoms. The Hall–Kier alpha value is -2.05. The van der Waals surface area contributed by atoms with Crippen LogP contribution in [-0.2, 0) is 22.2 Å². The molecule has 3 N–H and O–H groups in total. The number of rotatable bonds is 6. The minimum absolute atomic E-state index is 0.0608. The number of sulfonamides is 1. The molecule has 5 nitrogen and oxygen atoms in total. The second-order valence-corrected chi connectivity index (χ2v) is 6.52. The highest BCUT2D eigenvalue weighted by atomic mass is 32.2. The zero-order chi connectivity index (χ0) is 15.3. The van der Waals surface area contributed by atoms with E-state index >= 15 is 0 Å². The van der Waals surface area contributed by atoms with Crippen LogP contribution in [0.1, 0.15) is 11.1 Å². The quantitative estimate of drug-likeness (QED) is 0.710. The molecule has 0 aliphatic heterocycles. The summed E-state index contributed by atoms with van der Waals surface area (Å²) in [6, 6.07) is 13.4. The number of aromatic hydroxyl groups is 2. The summed E-state index contributed by atoms with van der Waals surface area (Å²) >= 11 is 0. The van der Waals surface area contributed by atoms with Gasteiger partial charge >= 0.3 is 0 Å². The van der Waals surface area contributed by atoms with Gasteiger partial charge in [-0.1, -0.05) is 36.4 Å². The maximum atomic E-state index is 11.9. The Morgan fingerprint density at radius 2 is 1.62 bits per heavy atom. The van der Waals surface area contributed by atoms with E-state index in [9.17, 15) is 18.6 Å². The van der Waals surface area contributed by atoms with Gasteiger partial charge in [0.25, 0.3) is 0 Å². The molecule has 6 heteroatoms. The van der Waals surface area contributed by atoms with Gasteiger partial charge in [-0.2, -0.15) is 0 Å². The van der Waals surface area contributed by atoms with Crippen LogP contribution >= 0.6 is 0 Å². The van der Waals surface area contributed by atoms with Crippen molar-refractivity contribution in [1.29, 1.82) is 0 Å². The molecule has 0 atom stereocenters. The minimum atomic E-state index is -3.38. The molecule has 112 valence electrons. The molecule has 0 heterocycles. The van der Waals surface area contributed by atoms with Gasteiger partial charge in [-0.25, -0.2) is 13.1 Å². The first-order valence-electron chi connectivity index (χ1n) is 6.48. The summed E-state index contributed by atoms with van der Waals surface area (Å²) in [5.41, 5.74) is 1.47. The highest BCUT2D eigenvalue weighted by Crippen LogP contribution is 2.24. The van der Waals surface area contributed by atoms with Gasteiger partial charge in [0.1, 0.15) is 0 Å². The number of hydrogen-bond donors (Lipinski definition) is 3. The van der Waals surface area contributed by atoms with Crippen LogP contribution in [0, 0.1) is 0 Å². The lowest BCUT2D eigenvalue weighted by Crippen LogP contribution is -2.27. The topological polar surface area (TPSA) is 86.6 Å². The highest BCUT2D eigenvalue weighted by Gasteiger charge is 2.10. The molecule has 0 saturated heterocycles. The molecule has 2 aromatic carbocycles. The third kappa shape index (κ3) is 4.77. The molecule has 0 saturated carbocycles. The molecule has 21 heavy (non-hydrogen) atoms. The Kier molecular flexibility index (Phi) is 4.82. The lowest BCUT2D eigenvalue weighted by molar-refractivity contribution is 0.403. The van der Waals surface area contributed by atoms with E-state index in [1.807, 2.05) is 6.07 Å². The average molecular weight is 307 g/mol. The fourth-order valence-corrected chi connectivity index (χ4v) is 3.07. The van der Waals surface area contributed by atoms with Gasteiger partial charge in [-0.05, 0) is 29.7 Å². The Morgan fingerprint density at radius 3 is 2.29 bits per heavy atom. The van der Waals surface area contributed by atoms with Crippen LogP contribution in [0.25, 0.3) is 0 Å². The van der Waals surface area contributed by atoms with Crippen molar-refractivity contribution < 1.29 is 18.6 Å². The van der Waals surface area contributed by atoms with Gasteiger partial charge in [-0.3, -0.25) is 0 Å². The highest BCUT2D eigenvalue weighted by molar-refractivity contribution is 7.88. The summed E-state index contributed by atoms with van der Waals surface area (Å²) in [6.45, 7) is 0.235. The van der Waals surface area contributed by atoms with E-state index in [1.165, 1.54) is 12.1 Å². The number of hydrogen-bond acceptors (Lipinski definition) is 4. The number of phenolic OH excluding ortho intramolecular Hbond substituents is 2. The van der Waals surface area contributed by atoms with Gasteiger partial charge in [-0.15, -0.1) is 0 Å². The van der Waals surface area contributed by atoms with Gasteiger partial charge < -0.3 is 10.2 Å². The molecule has 0 fully saturated rings. The molecule has 0 radical (unpaired) electrons. The third-order valence-electron chi connectivity index (χ3n) is 2.97. The predicted octanol–water partition coefficient (Wildman–Crippen LogP) is 1.76. The van der Waals surface area contributed by atoms with Gasteiger partial charge in [0.05, 0.1) is 5.75 Å². The van der Waals surface area contributed by atoms with Crippen LogP contribution in [-0.4, -0.2) is 25.2 Å². The summed E-state index contributed by atoms with van der Waals surface area (Å²) in [6.07, 6.45) is 0.432. The second-order valence-electron chi connectivity index (χ2n) is 4.71. The molecule has 2 aromatic rings. The van der Waals surface area contributed by atoms with Crippen LogP contribution in [0.2, 0.25) is 0 Å². The number of benzene rings is 2. The summed E-state index contributed by atoms with van der Waals surface area (Å²) in [7, 11) is -3.38. The Labute approximate surface area is 123 Å². The SMILES string of the molecule is O=S(=O)(Cc1ccccc1)NCCc1ccc(O)c(O)c1. The first-order valence-corrected chi connectivity index (χ1v) is 8.13. The van der Waals surface area contributed by atoms with Crippen molar-refractivity contribution >= 4 is 10.0 Å². The molecular formula is C15H17NO4S. The summed E-state index contributed by atoms with van der Waals surface area (Å²) in [5.74, 6) is -0.461. The molecule has 0 aromatic heterocycles. The fourth-order valence-electron chi connectivity index (χ4n) is 1.92. The average Bonchev–Trinajstić information content (AvgIpc) is 2.43. The van der Waals surface area contributed by atoms with Crippen LogP contribution in [0.3, 0.4) is 0 Å². The lowest BCUT2D eigenvalue weighted by atomic mass is 10.1. The number of nitrogens with one attached hydrogen (secondary N) is 1. The summed E-state index contributed by atoms with van der Waals surface area (Å²) in [4.78, 5) is 0. The number of phenols is 2. The standard InChI is InChI=1S/C15H17NO4S/c17-14-7-6-12(10-15(14)18)8-9-16-21(19,20)11-13-4-2-1-3-5-13/h1-7,10,16-18H,8-9,11H2. The molecule has 0 amide bonds. The second kappa shape index (κ2) is 6.60. The monoisotopic (exact) mass is 307 g/mol. The van der Waals surface area contributed by atoms with Crippen molar-refractivity contribution in [2.24, 2.45) is 0 Å². The van der Waals surface area contributed by atoms with Crippen molar-refractivity contribution in [3.05, 3.63) is 59.7 Å². The normalized spacial score (nSPS) is 11.4. The fraction of sp³-hybridized carbons (Fsp3) is 0.200. The molecule has 0 unspecified atom stereocenters. The van der Waals surface area contributed by atoms with E-state index < -0.39 is 10.0 Å². The maximum absolute atomic E-state index is 11.9. The largest absolute Gasteiger partial charge is 0.504 e. The van der Waals surface area contributed by atoms with E-state index in [1.54, 1.807) is 30.3 Å². The summed E-state index contributed by atoms with van der Waals surface area (Å²) < 4.78 is 26.3. The molecule has 2 rings (SSSR count). The van der Waals surface area contributed by atoms with Crippen molar-refractivity contribution in [3.63, 3.8) is 0 Å². The molecule has 0 aliphatic rings. The van der Waals surface area contributed by atoms with Gasteiger partial charge in [0.2, 0.25) is 10.0 Å². The Morgan fingerprint density at radius 1 is 0.905 bits per heavy atom. The molecular weight excluding hydrogens is 290 g/mol. The van der Waals surface area contributed by atoms with Gasteiger partial charge in [0.15, 0.2) is 11.5 Å². The smallest absolute Gasteiger partial charge is 0.215 e. The van der Waals surface area contributed by atoms with Crippen molar-refractivity contribution in [1.82, 2.24) is 4.72 Å². The third-order valence-corrected chi connectivity index (χ3v) is 4.33. The Balaban J connectivity index is 1.88. The first-order chi connectivity index (χ1) is 9.96. The maximum Gasteiger partial charge on any atom is 0.215 e. The van der Waals surface area contributed by atoms with Crippen molar-refractivity contribution in [2.45, 2.75) is 12.2 Å².